The molecule has 1 aliphatic heterocycles. The molecule has 2 aromatic rings. The van der Waals surface area contributed by atoms with E-state index in [0.29, 0.717) is 6.10 Å². The van der Waals surface area contributed by atoms with Gasteiger partial charge in [0.2, 0.25) is 0 Å². The largest absolute Gasteiger partial charge is 0.489 e. The highest BCUT2D eigenvalue weighted by molar-refractivity contribution is 9.10. The minimum atomic E-state index is 0. The molecule has 1 saturated heterocycles. The van der Waals surface area contributed by atoms with E-state index >= 15 is 0 Å². The van der Waals surface area contributed by atoms with E-state index in [9.17, 15) is 0 Å². The van der Waals surface area contributed by atoms with Crippen LogP contribution in [0.25, 0.3) is 11.1 Å². The Hall–Kier alpha value is -1.03. The van der Waals surface area contributed by atoms with E-state index in [1.807, 2.05) is 6.07 Å². The topological polar surface area (TPSA) is 21.3 Å². The standard InChI is InChI=1S/C17H18BrNO.ClH/c18-16-12-14(13-4-2-1-3-5-13)6-7-17(16)20-15-8-10-19-11-9-15;/h1-7,12,15,19H,8-11H2;1H. The lowest BCUT2D eigenvalue weighted by Gasteiger charge is -2.24. The fraction of sp³-hybridized carbons (Fsp3) is 0.294. The van der Waals surface area contributed by atoms with Gasteiger partial charge in [0.25, 0.3) is 0 Å². The first-order valence-corrected chi connectivity index (χ1v) is 7.84. The molecule has 3 rings (SSSR count). The van der Waals surface area contributed by atoms with Crippen LogP contribution in [0, 0.1) is 0 Å². The van der Waals surface area contributed by atoms with Gasteiger partial charge in [-0.15, -0.1) is 12.4 Å². The summed E-state index contributed by atoms with van der Waals surface area (Å²) in [6.07, 6.45) is 2.48. The molecule has 0 amide bonds. The molecule has 4 heteroatoms. The number of rotatable bonds is 3. The minimum absolute atomic E-state index is 0. The van der Waals surface area contributed by atoms with Crippen LogP contribution in [-0.2, 0) is 0 Å². The zero-order valence-corrected chi connectivity index (χ0v) is 14.1. The van der Waals surface area contributed by atoms with Gasteiger partial charge >= 0.3 is 0 Å². The van der Waals surface area contributed by atoms with Crippen molar-refractivity contribution in [2.24, 2.45) is 0 Å². The quantitative estimate of drug-likeness (QED) is 0.850. The molecular weight excluding hydrogens is 350 g/mol. The van der Waals surface area contributed by atoms with Crippen LogP contribution in [0.4, 0.5) is 0 Å². The Morgan fingerprint density at radius 2 is 1.67 bits per heavy atom. The third-order valence-corrected chi connectivity index (χ3v) is 4.24. The Bertz CT molecular complexity index is 570. The predicted octanol–water partition coefficient (Wildman–Crippen LogP) is 4.67. The van der Waals surface area contributed by atoms with Gasteiger partial charge in [-0.3, -0.25) is 0 Å². The summed E-state index contributed by atoms with van der Waals surface area (Å²) in [7, 11) is 0. The van der Waals surface area contributed by atoms with Crippen molar-refractivity contribution in [3.63, 3.8) is 0 Å². The third kappa shape index (κ3) is 4.22. The smallest absolute Gasteiger partial charge is 0.133 e. The van der Waals surface area contributed by atoms with Gasteiger partial charge in [-0.2, -0.15) is 0 Å². The van der Waals surface area contributed by atoms with Crippen molar-refractivity contribution >= 4 is 28.3 Å². The molecule has 1 aliphatic rings. The zero-order chi connectivity index (χ0) is 13.8. The molecule has 2 aromatic carbocycles. The number of piperidine rings is 1. The molecule has 0 aromatic heterocycles. The van der Waals surface area contributed by atoms with Crippen molar-refractivity contribution in [1.82, 2.24) is 5.32 Å². The minimum Gasteiger partial charge on any atom is -0.489 e. The van der Waals surface area contributed by atoms with Gasteiger partial charge in [-0.25, -0.2) is 0 Å². The summed E-state index contributed by atoms with van der Waals surface area (Å²) in [5.74, 6) is 0.941. The van der Waals surface area contributed by atoms with Gasteiger partial charge in [0.15, 0.2) is 0 Å². The van der Waals surface area contributed by atoms with Gasteiger partial charge < -0.3 is 10.1 Å². The first-order chi connectivity index (χ1) is 9.83. The van der Waals surface area contributed by atoms with Crippen molar-refractivity contribution in [3.8, 4) is 16.9 Å². The fourth-order valence-corrected chi connectivity index (χ4v) is 2.97. The zero-order valence-electron chi connectivity index (χ0n) is 11.7. The molecule has 1 heterocycles. The summed E-state index contributed by atoms with van der Waals surface area (Å²) in [5.41, 5.74) is 2.43. The number of hydrogen-bond donors (Lipinski definition) is 1. The van der Waals surface area contributed by atoms with E-state index < -0.39 is 0 Å². The second-order valence-electron chi connectivity index (χ2n) is 5.08. The maximum atomic E-state index is 6.09. The molecule has 112 valence electrons. The molecule has 1 fully saturated rings. The van der Waals surface area contributed by atoms with Crippen molar-refractivity contribution in [2.75, 3.05) is 13.1 Å². The number of halogens is 2. The van der Waals surface area contributed by atoms with Crippen LogP contribution in [-0.4, -0.2) is 19.2 Å². The van der Waals surface area contributed by atoms with Crippen LogP contribution in [0.3, 0.4) is 0 Å². The molecule has 21 heavy (non-hydrogen) atoms. The van der Waals surface area contributed by atoms with Gasteiger partial charge in [-0.05, 0) is 65.1 Å². The third-order valence-electron chi connectivity index (χ3n) is 3.62. The highest BCUT2D eigenvalue weighted by Crippen LogP contribution is 2.32. The van der Waals surface area contributed by atoms with E-state index in [1.54, 1.807) is 0 Å². The van der Waals surface area contributed by atoms with Crippen molar-refractivity contribution < 1.29 is 4.74 Å². The Balaban J connectivity index is 0.00000161. The first-order valence-electron chi connectivity index (χ1n) is 7.05. The molecule has 0 radical (unpaired) electrons. The lowest BCUT2D eigenvalue weighted by Crippen LogP contribution is -2.34. The molecule has 1 N–H and O–H groups in total. The fourth-order valence-electron chi connectivity index (χ4n) is 2.50. The number of nitrogens with one attached hydrogen (secondary N) is 1. The average molecular weight is 369 g/mol. The second kappa shape index (κ2) is 7.83. The molecule has 0 spiro atoms. The van der Waals surface area contributed by atoms with Gasteiger partial charge in [0, 0.05) is 0 Å². The summed E-state index contributed by atoms with van der Waals surface area (Å²) in [6, 6.07) is 16.7. The van der Waals surface area contributed by atoms with E-state index in [0.717, 1.165) is 36.2 Å². The molecule has 0 bridgehead atoms. The maximum absolute atomic E-state index is 6.09. The summed E-state index contributed by atoms with van der Waals surface area (Å²) >= 11 is 3.63. The summed E-state index contributed by atoms with van der Waals surface area (Å²) in [4.78, 5) is 0. The van der Waals surface area contributed by atoms with E-state index in [-0.39, 0.29) is 12.4 Å². The van der Waals surface area contributed by atoms with Crippen molar-refractivity contribution in [1.29, 1.82) is 0 Å². The van der Waals surface area contributed by atoms with Crippen LogP contribution in [0.2, 0.25) is 0 Å². The molecule has 0 unspecified atom stereocenters. The second-order valence-corrected chi connectivity index (χ2v) is 5.93. The van der Waals surface area contributed by atoms with Crippen molar-refractivity contribution in [2.45, 2.75) is 18.9 Å². The van der Waals surface area contributed by atoms with E-state index in [4.69, 9.17) is 4.74 Å². The highest BCUT2D eigenvalue weighted by atomic mass is 79.9. The lowest BCUT2D eigenvalue weighted by atomic mass is 10.1. The Morgan fingerprint density at radius 1 is 0.952 bits per heavy atom. The Morgan fingerprint density at radius 3 is 2.33 bits per heavy atom. The average Bonchev–Trinajstić information content (AvgIpc) is 2.51. The van der Waals surface area contributed by atoms with Crippen LogP contribution < -0.4 is 10.1 Å². The molecule has 0 saturated carbocycles. The van der Waals surface area contributed by atoms with Crippen LogP contribution in [0.1, 0.15) is 12.8 Å². The monoisotopic (exact) mass is 367 g/mol. The lowest BCUT2D eigenvalue weighted by molar-refractivity contribution is 0.161. The van der Waals surface area contributed by atoms with Crippen LogP contribution in [0.5, 0.6) is 5.75 Å². The summed E-state index contributed by atoms with van der Waals surface area (Å²) in [5, 5.41) is 3.35. The summed E-state index contributed by atoms with van der Waals surface area (Å²) < 4.78 is 7.12. The Labute approximate surface area is 140 Å². The molecule has 0 atom stereocenters. The number of benzene rings is 2. The molecule has 2 nitrogen and oxygen atoms in total. The maximum Gasteiger partial charge on any atom is 0.133 e. The SMILES string of the molecule is Brc1cc(-c2ccccc2)ccc1OC1CCNCC1.Cl. The number of ether oxygens (including phenoxy) is 1. The summed E-state index contributed by atoms with van der Waals surface area (Å²) in [6.45, 7) is 2.09. The molecule has 0 aliphatic carbocycles. The highest BCUT2D eigenvalue weighted by Gasteiger charge is 2.15. The van der Waals surface area contributed by atoms with Gasteiger partial charge in [-0.1, -0.05) is 36.4 Å². The van der Waals surface area contributed by atoms with Gasteiger partial charge in [0.05, 0.1) is 4.47 Å². The van der Waals surface area contributed by atoms with Crippen molar-refractivity contribution in [3.05, 3.63) is 53.0 Å². The van der Waals surface area contributed by atoms with E-state index in [1.165, 1.54) is 11.1 Å². The molecular formula is C17H19BrClNO. The van der Waals surface area contributed by atoms with Gasteiger partial charge in [0.1, 0.15) is 11.9 Å². The normalized spacial score (nSPS) is 15.3. The Kier molecular flexibility index (Phi) is 6.09. The van der Waals surface area contributed by atoms with Crippen LogP contribution >= 0.6 is 28.3 Å². The van der Waals surface area contributed by atoms with E-state index in [2.05, 4.69) is 63.7 Å². The first kappa shape index (κ1) is 16.3. The van der Waals surface area contributed by atoms with Crippen LogP contribution in [0.15, 0.2) is 53.0 Å². The number of hydrogen-bond acceptors (Lipinski definition) is 2. The predicted molar refractivity (Wildman–Crippen MR) is 93.3 cm³/mol.